The molecule has 2 saturated heterocycles. The third-order valence-electron chi connectivity index (χ3n) is 5.06. The van der Waals surface area contributed by atoms with Crippen LogP contribution in [-0.4, -0.2) is 59.8 Å². The molecule has 0 N–H and O–H groups in total. The van der Waals surface area contributed by atoms with Crippen molar-refractivity contribution in [2.24, 2.45) is 0 Å². The molecular weight excluding hydrogens is 383 g/mol. The molecule has 2 atom stereocenters. The maximum Gasteiger partial charge on any atom is 0.240 e. The topological polar surface area (TPSA) is 32.8 Å². The van der Waals surface area contributed by atoms with Crippen molar-refractivity contribution in [3.8, 4) is 0 Å². The first-order chi connectivity index (χ1) is 13.2. The van der Waals surface area contributed by atoms with E-state index in [1.54, 1.807) is 23.1 Å². The first-order valence-corrected chi connectivity index (χ1v) is 11.0. The Bertz CT molecular complexity index is 748. The summed E-state index contributed by atoms with van der Waals surface area (Å²) in [6, 6.07) is 8.66. The Kier molecular flexibility index (Phi) is 6.12. The average Bonchev–Trinajstić information content (AvgIpc) is 3.34. The van der Waals surface area contributed by atoms with Crippen LogP contribution >= 0.6 is 23.1 Å². The van der Waals surface area contributed by atoms with Crippen molar-refractivity contribution in [2.75, 3.05) is 32.8 Å². The van der Waals surface area contributed by atoms with Gasteiger partial charge in [0.15, 0.2) is 0 Å². The van der Waals surface area contributed by atoms with Crippen molar-refractivity contribution in [1.29, 1.82) is 0 Å². The van der Waals surface area contributed by atoms with Crippen molar-refractivity contribution in [1.82, 2.24) is 9.80 Å². The first-order valence-electron chi connectivity index (χ1n) is 9.23. The van der Waals surface area contributed by atoms with E-state index < -0.39 is 0 Å². The molecule has 0 saturated carbocycles. The van der Waals surface area contributed by atoms with Gasteiger partial charge in [0.2, 0.25) is 5.91 Å². The number of halogens is 1. The predicted molar refractivity (Wildman–Crippen MR) is 107 cm³/mol. The van der Waals surface area contributed by atoms with E-state index in [0.29, 0.717) is 31.6 Å². The predicted octanol–water partition coefficient (Wildman–Crippen LogP) is 3.48. The summed E-state index contributed by atoms with van der Waals surface area (Å²) in [7, 11) is 0. The normalized spacial score (nSPS) is 23.7. The molecule has 4 rings (SSSR count). The van der Waals surface area contributed by atoms with E-state index in [9.17, 15) is 9.18 Å². The molecule has 27 heavy (non-hydrogen) atoms. The zero-order valence-corrected chi connectivity index (χ0v) is 16.7. The van der Waals surface area contributed by atoms with Gasteiger partial charge < -0.3 is 9.64 Å². The second-order valence-corrected chi connectivity index (χ2v) is 9.10. The smallest absolute Gasteiger partial charge is 0.240 e. The molecule has 0 bridgehead atoms. The van der Waals surface area contributed by atoms with E-state index in [2.05, 4.69) is 21.7 Å². The quantitative estimate of drug-likeness (QED) is 0.761. The van der Waals surface area contributed by atoms with Crippen LogP contribution in [0.15, 0.2) is 46.0 Å². The highest BCUT2D eigenvalue weighted by atomic mass is 32.2. The maximum absolute atomic E-state index is 13.2. The summed E-state index contributed by atoms with van der Waals surface area (Å²) in [6.45, 7) is 4.26. The largest absolute Gasteiger partial charge is 0.378 e. The Morgan fingerprint density at radius 1 is 1.22 bits per heavy atom. The molecule has 0 spiro atoms. The van der Waals surface area contributed by atoms with E-state index in [-0.39, 0.29) is 17.8 Å². The van der Waals surface area contributed by atoms with E-state index in [0.717, 1.165) is 24.4 Å². The number of thiophene rings is 1. The SMILES string of the molecule is O=C([C@@H]1C[C@H](Sc2ccc(F)cc2)CN1Cc1ccsc1)N1CCOCC1. The summed E-state index contributed by atoms with van der Waals surface area (Å²) < 4.78 is 18.6. The highest BCUT2D eigenvalue weighted by molar-refractivity contribution is 8.00. The van der Waals surface area contributed by atoms with E-state index in [1.807, 2.05) is 17.0 Å². The Morgan fingerprint density at radius 2 is 2.00 bits per heavy atom. The zero-order chi connectivity index (χ0) is 18.6. The number of benzene rings is 1. The molecule has 2 fully saturated rings. The number of carbonyl (C=O) groups excluding carboxylic acids is 1. The fraction of sp³-hybridized carbons (Fsp3) is 0.450. The molecular formula is C20H23FN2O2S2. The van der Waals surface area contributed by atoms with Gasteiger partial charge in [0, 0.05) is 36.3 Å². The molecule has 2 aliphatic heterocycles. The van der Waals surface area contributed by atoms with Crippen LogP contribution in [-0.2, 0) is 16.1 Å². The van der Waals surface area contributed by atoms with Gasteiger partial charge in [-0.25, -0.2) is 4.39 Å². The van der Waals surface area contributed by atoms with Gasteiger partial charge in [0.25, 0.3) is 0 Å². The number of thioether (sulfide) groups is 1. The van der Waals surface area contributed by atoms with Crippen molar-refractivity contribution < 1.29 is 13.9 Å². The van der Waals surface area contributed by atoms with E-state index in [1.165, 1.54) is 17.7 Å². The fourth-order valence-electron chi connectivity index (χ4n) is 3.70. The van der Waals surface area contributed by atoms with Crippen LogP contribution in [0, 0.1) is 5.82 Å². The summed E-state index contributed by atoms with van der Waals surface area (Å²) in [6.07, 6.45) is 0.822. The molecule has 4 nitrogen and oxygen atoms in total. The van der Waals surface area contributed by atoms with Crippen LogP contribution in [0.1, 0.15) is 12.0 Å². The zero-order valence-electron chi connectivity index (χ0n) is 15.1. The lowest BCUT2D eigenvalue weighted by Gasteiger charge is -2.32. The number of likely N-dealkylation sites (tertiary alicyclic amines) is 1. The summed E-state index contributed by atoms with van der Waals surface area (Å²) in [5.74, 6) is 0.000892. The molecule has 1 aromatic carbocycles. The van der Waals surface area contributed by atoms with Gasteiger partial charge in [-0.15, -0.1) is 11.8 Å². The van der Waals surface area contributed by atoms with Gasteiger partial charge in [-0.1, -0.05) is 0 Å². The highest BCUT2D eigenvalue weighted by Crippen LogP contribution is 2.34. The number of nitrogens with zero attached hydrogens (tertiary/aromatic N) is 2. The minimum Gasteiger partial charge on any atom is -0.378 e. The van der Waals surface area contributed by atoms with E-state index >= 15 is 0 Å². The Hall–Kier alpha value is -1.41. The van der Waals surface area contributed by atoms with Crippen LogP contribution in [0.2, 0.25) is 0 Å². The molecule has 0 aliphatic carbocycles. The second-order valence-electron chi connectivity index (χ2n) is 6.94. The van der Waals surface area contributed by atoms with E-state index in [4.69, 9.17) is 4.74 Å². The Labute approximate surface area is 167 Å². The molecule has 144 valence electrons. The number of rotatable bonds is 5. The Morgan fingerprint density at radius 3 is 2.70 bits per heavy atom. The fourth-order valence-corrected chi connectivity index (χ4v) is 5.58. The number of hydrogen-bond donors (Lipinski definition) is 0. The summed E-state index contributed by atoms with van der Waals surface area (Å²) in [5.41, 5.74) is 1.26. The van der Waals surface area contributed by atoms with Gasteiger partial charge >= 0.3 is 0 Å². The summed E-state index contributed by atoms with van der Waals surface area (Å²) in [4.78, 5) is 18.5. The number of hydrogen-bond acceptors (Lipinski definition) is 5. The minimum absolute atomic E-state index is 0.0963. The van der Waals surface area contributed by atoms with Gasteiger partial charge in [0.1, 0.15) is 5.82 Å². The van der Waals surface area contributed by atoms with Crippen LogP contribution in [0.3, 0.4) is 0 Å². The van der Waals surface area contributed by atoms with Gasteiger partial charge in [-0.2, -0.15) is 11.3 Å². The lowest BCUT2D eigenvalue weighted by molar-refractivity contribution is -0.140. The average molecular weight is 407 g/mol. The van der Waals surface area contributed by atoms with Crippen LogP contribution in [0.25, 0.3) is 0 Å². The maximum atomic E-state index is 13.2. The van der Waals surface area contributed by atoms with Crippen molar-refractivity contribution >= 4 is 29.0 Å². The number of carbonyl (C=O) groups is 1. The number of ether oxygens (including phenoxy) is 1. The molecule has 1 aromatic heterocycles. The standard InChI is InChI=1S/C20H23FN2O2S2/c21-16-1-3-17(4-2-16)27-18-11-19(20(24)22-6-8-25-9-7-22)23(13-18)12-15-5-10-26-14-15/h1-5,10,14,18-19H,6-9,11-13H2/t18-,19-/m0/s1. The molecule has 7 heteroatoms. The molecule has 2 aromatic rings. The first kappa shape index (κ1) is 18.9. The molecule has 1 amide bonds. The van der Waals surface area contributed by atoms with Crippen LogP contribution in [0.4, 0.5) is 4.39 Å². The number of amides is 1. The molecule has 2 aliphatic rings. The van der Waals surface area contributed by atoms with Gasteiger partial charge in [-0.05, 0) is 53.1 Å². The van der Waals surface area contributed by atoms with Crippen molar-refractivity contribution in [3.63, 3.8) is 0 Å². The monoisotopic (exact) mass is 406 g/mol. The number of morpholine rings is 1. The second kappa shape index (κ2) is 8.73. The van der Waals surface area contributed by atoms with Crippen molar-refractivity contribution in [3.05, 3.63) is 52.5 Å². The molecule has 3 heterocycles. The molecule has 0 unspecified atom stereocenters. The van der Waals surface area contributed by atoms with Gasteiger partial charge in [-0.3, -0.25) is 9.69 Å². The summed E-state index contributed by atoms with van der Waals surface area (Å²) >= 11 is 3.43. The van der Waals surface area contributed by atoms with Crippen LogP contribution in [0.5, 0.6) is 0 Å². The molecule has 0 radical (unpaired) electrons. The Balaban J connectivity index is 1.47. The minimum atomic E-state index is -0.217. The highest BCUT2D eigenvalue weighted by Gasteiger charge is 2.39. The third kappa shape index (κ3) is 4.71. The lowest BCUT2D eigenvalue weighted by atomic mass is 10.1. The van der Waals surface area contributed by atoms with Crippen molar-refractivity contribution in [2.45, 2.75) is 29.2 Å². The lowest BCUT2D eigenvalue weighted by Crippen LogP contribution is -2.49. The van der Waals surface area contributed by atoms with Crippen LogP contribution < -0.4 is 0 Å². The van der Waals surface area contributed by atoms with Gasteiger partial charge in [0.05, 0.1) is 19.3 Å². The summed E-state index contributed by atoms with van der Waals surface area (Å²) in [5, 5.41) is 4.55. The third-order valence-corrected chi connectivity index (χ3v) is 7.01.